The number of likely N-dealkylation sites (N-methyl/N-ethyl adjacent to an activating group) is 2. The Morgan fingerprint density at radius 2 is 2.15 bits per heavy atom. The van der Waals surface area contributed by atoms with Gasteiger partial charge < -0.3 is 10.2 Å². The fourth-order valence-corrected chi connectivity index (χ4v) is 1.83. The van der Waals surface area contributed by atoms with Crippen LogP contribution in [-0.2, 0) is 4.79 Å². The zero-order valence-electron chi connectivity index (χ0n) is 11.5. The normalized spacial score (nSPS) is 9.90. The summed E-state index contributed by atoms with van der Waals surface area (Å²) in [6, 6.07) is 4.02. The molecule has 0 unspecified atom stereocenters. The molecule has 0 spiro atoms. The summed E-state index contributed by atoms with van der Waals surface area (Å²) < 4.78 is 0. The molecule has 7 nitrogen and oxygen atoms in total. The number of hydrogen-bond acceptors (Lipinski definition) is 5. The number of rotatable bonds is 7. The predicted molar refractivity (Wildman–Crippen MR) is 75.1 cm³/mol. The summed E-state index contributed by atoms with van der Waals surface area (Å²) in [4.78, 5) is 34.5. The van der Waals surface area contributed by atoms with Crippen LogP contribution in [-0.4, -0.2) is 36.8 Å². The minimum absolute atomic E-state index is 0.100. The lowest BCUT2D eigenvalue weighted by Crippen LogP contribution is -2.37. The predicted octanol–water partition coefficient (Wildman–Crippen LogP) is 1.37. The van der Waals surface area contributed by atoms with Crippen LogP contribution in [0.2, 0.25) is 0 Å². The number of anilines is 1. The molecule has 0 aliphatic heterocycles. The topological polar surface area (TPSA) is 92.6 Å². The molecule has 0 fully saturated rings. The third-order valence-electron chi connectivity index (χ3n) is 2.78. The number of aldehydes is 1. The van der Waals surface area contributed by atoms with Gasteiger partial charge in [0.15, 0.2) is 6.29 Å². The van der Waals surface area contributed by atoms with E-state index in [1.54, 1.807) is 4.90 Å². The van der Waals surface area contributed by atoms with Gasteiger partial charge in [-0.2, -0.15) is 0 Å². The zero-order chi connectivity index (χ0) is 15.1. The summed E-state index contributed by atoms with van der Waals surface area (Å²) in [6.07, 6.45) is 0.558. The van der Waals surface area contributed by atoms with Crippen LogP contribution in [0.4, 0.5) is 11.4 Å². The number of non-ortho nitro benzene ring substituents is 1. The number of benzene rings is 1. The summed E-state index contributed by atoms with van der Waals surface area (Å²) in [7, 11) is 0. The highest BCUT2D eigenvalue weighted by Gasteiger charge is 2.16. The van der Waals surface area contributed by atoms with Crippen LogP contribution < -0.4 is 10.2 Å². The van der Waals surface area contributed by atoms with Gasteiger partial charge in [0.05, 0.1) is 11.5 Å². The van der Waals surface area contributed by atoms with E-state index in [9.17, 15) is 19.7 Å². The Morgan fingerprint density at radius 1 is 1.45 bits per heavy atom. The highest BCUT2D eigenvalue weighted by molar-refractivity contribution is 5.88. The minimum atomic E-state index is -0.559. The number of nitrogens with zero attached hydrogens (tertiary/aromatic N) is 2. The van der Waals surface area contributed by atoms with Crippen molar-refractivity contribution in [3.05, 3.63) is 33.9 Å². The monoisotopic (exact) mass is 279 g/mol. The van der Waals surface area contributed by atoms with Crippen LogP contribution in [0.1, 0.15) is 24.2 Å². The Labute approximate surface area is 116 Å². The van der Waals surface area contributed by atoms with Crippen LogP contribution in [0.15, 0.2) is 18.2 Å². The number of nitro groups is 1. The Morgan fingerprint density at radius 3 is 2.65 bits per heavy atom. The highest BCUT2D eigenvalue weighted by atomic mass is 16.6. The fraction of sp³-hybridized carbons (Fsp3) is 0.385. The van der Waals surface area contributed by atoms with E-state index >= 15 is 0 Å². The number of carbonyl (C=O) groups is 2. The number of carbonyl (C=O) groups excluding carboxylic acids is 2. The standard InChI is InChI=1S/C13H17N3O4/c1-3-14-13(18)8-15(4-2)12-6-5-11(16(19)20)7-10(12)9-17/h5-7,9H,3-4,8H2,1-2H3,(H,14,18). The maximum Gasteiger partial charge on any atom is 0.270 e. The van der Waals surface area contributed by atoms with Crippen LogP contribution in [0.3, 0.4) is 0 Å². The first kappa shape index (κ1) is 15.6. The molecule has 20 heavy (non-hydrogen) atoms. The summed E-state index contributed by atoms with van der Waals surface area (Å²) in [6.45, 7) is 4.79. The Kier molecular flexibility index (Phi) is 5.64. The highest BCUT2D eigenvalue weighted by Crippen LogP contribution is 2.24. The van der Waals surface area contributed by atoms with E-state index in [2.05, 4.69) is 5.32 Å². The quantitative estimate of drug-likeness (QED) is 0.462. The van der Waals surface area contributed by atoms with Crippen molar-refractivity contribution in [2.75, 3.05) is 24.5 Å². The average molecular weight is 279 g/mol. The second-order valence-electron chi connectivity index (χ2n) is 4.09. The van der Waals surface area contributed by atoms with Crippen molar-refractivity contribution >= 4 is 23.6 Å². The molecule has 0 saturated heterocycles. The maximum atomic E-state index is 11.6. The molecule has 1 N–H and O–H groups in total. The first-order valence-electron chi connectivity index (χ1n) is 6.28. The van der Waals surface area contributed by atoms with Gasteiger partial charge in [-0.3, -0.25) is 19.7 Å². The lowest BCUT2D eigenvalue weighted by molar-refractivity contribution is -0.384. The molecule has 0 atom stereocenters. The molecule has 0 heterocycles. The van der Waals surface area contributed by atoms with Gasteiger partial charge in [0.2, 0.25) is 5.91 Å². The van der Waals surface area contributed by atoms with E-state index in [0.29, 0.717) is 25.1 Å². The van der Waals surface area contributed by atoms with Gasteiger partial charge in [-0.15, -0.1) is 0 Å². The van der Waals surface area contributed by atoms with Gasteiger partial charge in [0, 0.05) is 36.5 Å². The molecule has 0 bridgehead atoms. The minimum Gasteiger partial charge on any atom is -0.362 e. The summed E-state index contributed by atoms with van der Waals surface area (Å²) in [5, 5.41) is 13.4. The molecule has 1 aromatic rings. The number of nitro benzene ring substituents is 1. The molecule has 7 heteroatoms. The van der Waals surface area contributed by atoms with Crippen molar-refractivity contribution in [1.82, 2.24) is 5.32 Å². The molecule has 1 rings (SSSR count). The Balaban J connectivity index is 3.05. The van der Waals surface area contributed by atoms with Gasteiger partial charge in [-0.1, -0.05) is 0 Å². The SMILES string of the molecule is CCNC(=O)CN(CC)c1ccc([N+](=O)[O-])cc1C=O. The van der Waals surface area contributed by atoms with Crippen LogP contribution in [0.25, 0.3) is 0 Å². The van der Waals surface area contributed by atoms with E-state index in [-0.39, 0.29) is 23.7 Å². The molecule has 1 amide bonds. The molecule has 1 aromatic carbocycles. The summed E-state index contributed by atoms with van der Waals surface area (Å²) in [5.41, 5.74) is 0.564. The van der Waals surface area contributed by atoms with E-state index in [4.69, 9.17) is 0 Å². The number of amides is 1. The van der Waals surface area contributed by atoms with Gasteiger partial charge in [-0.25, -0.2) is 0 Å². The van der Waals surface area contributed by atoms with Crippen molar-refractivity contribution in [2.45, 2.75) is 13.8 Å². The fourth-order valence-electron chi connectivity index (χ4n) is 1.83. The summed E-state index contributed by atoms with van der Waals surface area (Å²) >= 11 is 0. The van der Waals surface area contributed by atoms with Crippen LogP contribution >= 0.6 is 0 Å². The molecule has 108 valence electrons. The van der Waals surface area contributed by atoms with Crippen LogP contribution in [0, 0.1) is 10.1 Å². The molecular weight excluding hydrogens is 262 g/mol. The van der Waals surface area contributed by atoms with Crippen molar-refractivity contribution in [3.63, 3.8) is 0 Å². The molecular formula is C13H17N3O4. The number of hydrogen-bond donors (Lipinski definition) is 1. The Bertz CT molecular complexity index is 516. The molecule has 0 saturated carbocycles. The molecule has 0 aliphatic carbocycles. The maximum absolute atomic E-state index is 11.6. The summed E-state index contributed by atoms with van der Waals surface area (Å²) in [5.74, 6) is -0.162. The van der Waals surface area contributed by atoms with E-state index in [1.807, 2.05) is 13.8 Å². The second-order valence-corrected chi connectivity index (χ2v) is 4.09. The van der Waals surface area contributed by atoms with Crippen molar-refractivity contribution in [3.8, 4) is 0 Å². The largest absolute Gasteiger partial charge is 0.362 e. The van der Waals surface area contributed by atoms with Gasteiger partial charge in [-0.05, 0) is 19.9 Å². The van der Waals surface area contributed by atoms with E-state index in [0.717, 1.165) is 0 Å². The van der Waals surface area contributed by atoms with E-state index in [1.165, 1.54) is 18.2 Å². The van der Waals surface area contributed by atoms with Gasteiger partial charge in [0.1, 0.15) is 0 Å². The lowest BCUT2D eigenvalue weighted by Gasteiger charge is -2.23. The Hall–Kier alpha value is -2.44. The first-order valence-corrected chi connectivity index (χ1v) is 6.28. The van der Waals surface area contributed by atoms with E-state index < -0.39 is 4.92 Å². The van der Waals surface area contributed by atoms with Gasteiger partial charge in [0.25, 0.3) is 5.69 Å². The van der Waals surface area contributed by atoms with Crippen molar-refractivity contribution in [1.29, 1.82) is 0 Å². The van der Waals surface area contributed by atoms with Gasteiger partial charge >= 0.3 is 0 Å². The van der Waals surface area contributed by atoms with Crippen LogP contribution in [0.5, 0.6) is 0 Å². The smallest absolute Gasteiger partial charge is 0.270 e. The lowest BCUT2D eigenvalue weighted by atomic mass is 10.1. The first-order chi connectivity index (χ1) is 9.53. The second kappa shape index (κ2) is 7.22. The molecule has 0 aliphatic rings. The molecule has 0 radical (unpaired) electrons. The third-order valence-corrected chi connectivity index (χ3v) is 2.78. The average Bonchev–Trinajstić information content (AvgIpc) is 2.44. The number of nitrogens with one attached hydrogen (secondary N) is 1. The van der Waals surface area contributed by atoms with Crippen molar-refractivity contribution < 1.29 is 14.5 Å². The van der Waals surface area contributed by atoms with Crippen molar-refractivity contribution in [2.24, 2.45) is 0 Å². The third kappa shape index (κ3) is 3.78. The zero-order valence-corrected chi connectivity index (χ0v) is 11.5. The molecule has 0 aromatic heterocycles.